The molecule has 0 fully saturated rings. The number of methoxy groups -OCH3 is 2. The molecule has 0 bridgehead atoms. The molecule has 0 aliphatic carbocycles. The maximum absolute atomic E-state index is 14.5. The summed E-state index contributed by atoms with van der Waals surface area (Å²) >= 11 is 0. The monoisotopic (exact) mass is 758 g/mol. The molecule has 0 aliphatic rings. The molecule has 1 unspecified atom stereocenters. The van der Waals surface area contributed by atoms with Gasteiger partial charge in [-0.2, -0.15) is 0 Å². The van der Waals surface area contributed by atoms with E-state index in [0.717, 1.165) is 22.3 Å². The average Bonchev–Trinajstić information content (AvgIpc) is 3.22. The first-order valence-corrected chi connectivity index (χ1v) is 18.7. The second kappa shape index (κ2) is 17.6. The van der Waals surface area contributed by atoms with Gasteiger partial charge < -0.3 is 24.6 Å². The van der Waals surface area contributed by atoms with E-state index in [9.17, 15) is 23.7 Å². The van der Waals surface area contributed by atoms with E-state index < -0.39 is 27.8 Å². The summed E-state index contributed by atoms with van der Waals surface area (Å²) in [7, 11) is -0.235. The van der Waals surface area contributed by atoms with Crippen LogP contribution in [0.2, 0.25) is 0 Å². The number of carboxylic acids is 1. The normalized spacial score (nSPS) is 12.0. The lowest BCUT2D eigenvalue weighted by molar-refractivity contribution is 0.0599. The van der Waals surface area contributed by atoms with E-state index in [0.29, 0.717) is 45.8 Å². The molecule has 55 heavy (non-hydrogen) atoms. The standard InChI is InChI=1S/C42H38N4O8S/c1-52-25-26-54-24-23-44-55(51,35-20-15-29(16-21-35)28-9-11-32(12-10-28)42(50)53-2)46-34-18-13-30(14-19-34)33-17-22-38(43-27-33)40(47)45-37-8-4-6-31-5-3-7-36(39(31)37)41(48)49/h3-22,27H,23-26H2,1-2H3,(H,45,47)(H,48,49)(H,44,46,51). The number of rotatable bonds is 15. The summed E-state index contributed by atoms with van der Waals surface area (Å²) in [6.45, 7) is 1.27. The molecule has 0 saturated carbocycles. The number of ether oxygens (including phenoxy) is 3. The SMILES string of the molecule is COCCOCCN=S(=O)(Nc1ccc(-c2ccc(C(=O)Nc3cccc4cccc(C(=O)O)c34)nc2)cc1)c1ccc(-c2ccc(C(=O)OC)cc2)cc1. The van der Waals surface area contributed by atoms with E-state index in [-0.39, 0.29) is 24.4 Å². The minimum atomic E-state index is -3.16. The van der Waals surface area contributed by atoms with E-state index >= 15 is 0 Å². The number of nitrogens with zero attached hydrogens (tertiary/aromatic N) is 2. The molecular weight excluding hydrogens is 721 g/mol. The van der Waals surface area contributed by atoms with Gasteiger partial charge in [-0.25, -0.2) is 18.2 Å². The van der Waals surface area contributed by atoms with Gasteiger partial charge in [0.05, 0.1) is 49.5 Å². The Morgan fingerprint density at radius 2 is 1.38 bits per heavy atom. The number of anilines is 2. The number of fused-ring (bicyclic) bond motifs is 1. The highest BCUT2D eigenvalue weighted by Crippen LogP contribution is 2.29. The van der Waals surface area contributed by atoms with Crippen molar-refractivity contribution in [2.75, 3.05) is 50.6 Å². The Labute approximate surface area is 318 Å². The number of aromatic nitrogens is 1. The van der Waals surface area contributed by atoms with Crippen molar-refractivity contribution in [3.05, 3.63) is 144 Å². The summed E-state index contributed by atoms with van der Waals surface area (Å²) in [5, 5.41) is 13.6. The molecule has 1 atom stereocenters. The fourth-order valence-electron chi connectivity index (χ4n) is 5.79. The van der Waals surface area contributed by atoms with Gasteiger partial charge in [-0.3, -0.25) is 14.5 Å². The second-order valence-corrected chi connectivity index (χ2v) is 14.1. The van der Waals surface area contributed by atoms with E-state index in [1.807, 2.05) is 36.4 Å². The van der Waals surface area contributed by atoms with Gasteiger partial charge in [0.2, 0.25) is 0 Å². The number of carbonyl (C=O) groups excluding carboxylic acids is 2. The van der Waals surface area contributed by atoms with Crippen molar-refractivity contribution in [2.45, 2.75) is 4.90 Å². The zero-order valence-corrected chi connectivity index (χ0v) is 30.9. The van der Waals surface area contributed by atoms with Crippen molar-refractivity contribution in [1.29, 1.82) is 0 Å². The van der Waals surface area contributed by atoms with E-state index in [1.54, 1.807) is 92.2 Å². The zero-order valence-electron chi connectivity index (χ0n) is 30.1. The smallest absolute Gasteiger partial charge is 0.337 e. The lowest BCUT2D eigenvalue weighted by Crippen LogP contribution is -2.15. The molecule has 1 aromatic heterocycles. The fourth-order valence-corrected chi connectivity index (χ4v) is 7.41. The molecule has 5 aromatic carbocycles. The Morgan fingerprint density at radius 1 is 0.745 bits per heavy atom. The third kappa shape index (κ3) is 9.22. The number of amides is 1. The molecule has 0 saturated heterocycles. The van der Waals surface area contributed by atoms with E-state index in [4.69, 9.17) is 14.2 Å². The number of pyridine rings is 1. The van der Waals surface area contributed by atoms with Crippen LogP contribution in [0.1, 0.15) is 31.2 Å². The Bertz CT molecular complexity index is 2420. The van der Waals surface area contributed by atoms with Crippen molar-refractivity contribution >= 4 is 49.9 Å². The minimum absolute atomic E-state index is 0.0878. The Hall–Kier alpha value is -6.41. The summed E-state index contributed by atoms with van der Waals surface area (Å²) in [6, 6.07) is 35.0. The molecule has 12 nitrogen and oxygen atoms in total. The molecule has 0 radical (unpaired) electrons. The summed E-state index contributed by atoms with van der Waals surface area (Å²) in [5.41, 5.74) is 4.93. The molecule has 0 aliphatic heterocycles. The first kappa shape index (κ1) is 38.3. The van der Waals surface area contributed by atoms with Crippen LogP contribution in [0, 0.1) is 0 Å². The summed E-state index contributed by atoms with van der Waals surface area (Å²) < 4.78 is 37.5. The van der Waals surface area contributed by atoms with Gasteiger partial charge >= 0.3 is 11.9 Å². The van der Waals surface area contributed by atoms with Crippen LogP contribution in [0.5, 0.6) is 0 Å². The molecular formula is C42H38N4O8S. The second-order valence-electron chi connectivity index (χ2n) is 12.2. The number of esters is 1. The minimum Gasteiger partial charge on any atom is -0.478 e. The Morgan fingerprint density at radius 3 is 2.02 bits per heavy atom. The first-order valence-electron chi connectivity index (χ1n) is 17.2. The van der Waals surface area contributed by atoms with Crippen LogP contribution in [0.15, 0.2) is 137 Å². The number of carboxylic acid groups (broad SMARTS) is 1. The summed E-state index contributed by atoms with van der Waals surface area (Å²) in [4.78, 5) is 41.7. The lowest BCUT2D eigenvalue weighted by atomic mass is 10.0. The molecule has 6 aromatic rings. The maximum atomic E-state index is 14.5. The quantitative estimate of drug-likeness (QED) is 0.0699. The molecule has 3 N–H and O–H groups in total. The number of nitrogens with one attached hydrogen (secondary N) is 2. The van der Waals surface area contributed by atoms with Crippen LogP contribution in [-0.2, 0) is 24.1 Å². The number of carbonyl (C=O) groups is 3. The van der Waals surface area contributed by atoms with Gasteiger partial charge in [-0.15, -0.1) is 0 Å². The van der Waals surface area contributed by atoms with Gasteiger partial charge in [0, 0.05) is 35.6 Å². The highest BCUT2D eigenvalue weighted by Gasteiger charge is 2.17. The predicted molar refractivity (Wildman–Crippen MR) is 212 cm³/mol. The Kier molecular flexibility index (Phi) is 12.3. The summed E-state index contributed by atoms with van der Waals surface area (Å²) in [6.07, 6.45) is 1.58. The van der Waals surface area contributed by atoms with Crippen LogP contribution in [0.3, 0.4) is 0 Å². The van der Waals surface area contributed by atoms with Crippen molar-refractivity contribution in [2.24, 2.45) is 4.36 Å². The number of aromatic carboxylic acids is 1. The van der Waals surface area contributed by atoms with Crippen LogP contribution in [-0.4, -0.2) is 72.7 Å². The summed E-state index contributed by atoms with van der Waals surface area (Å²) in [5.74, 6) is -1.99. The van der Waals surface area contributed by atoms with Gasteiger partial charge in [-0.05, 0) is 76.7 Å². The van der Waals surface area contributed by atoms with E-state index in [2.05, 4.69) is 19.4 Å². The molecule has 280 valence electrons. The topological polar surface area (TPSA) is 166 Å². The van der Waals surface area contributed by atoms with Crippen LogP contribution in [0.25, 0.3) is 33.0 Å². The highest BCUT2D eigenvalue weighted by atomic mass is 32.2. The molecule has 0 spiro atoms. The predicted octanol–water partition coefficient (Wildman–Crippen LogP) is 7.82. The van der Waals surface area contributed by atoms with E-state index in [1.165, 1.54) is 13.2 Å². The highest BCUT2D eigenvalue weighted by molar-refractivity contribution is 7.95. The largest absolute Gasteiger partial charge is 0.478 e. The molecule has 13 heteroatoms. The number of hydrogen-bond donors (Lipinski definition) is 3. The number of benzene rings is 5. The first-order chi connectivity index (χ1) is 26.7. The van der Waals surface area contributed by atoms with Crippen LogP contribution in [0.4, 0.5) is 11.4 Å². The van der Waals surface area contributed by atoms with Crippen molar-refractivity contribution in [3.63, 3.8) is 0 Å². The lowest BCUT2D eigenvalue weighted by Gasteiger charge is -2.15. The third-order valence-corrected chi connectivity index (χ3v) is 10.6. The van der Waals surface area contributed by atoms with Crippen molar-refractivity contribution < 1.29 is 37.9 Å². The van der Waals surface area contributed by atoms with Gasteiger partial charge in [0.1, 0.15) is 5.69 Å². The molecule has 6 rings (SSSR count). The van der Waals surface area contributed by atoms with Crippen molar-refractivity contribution in [3.8, 4) is 22.3 Å². The molecule has 1 amide bonds. The van der Waals surface area contributed by atoms with Crippen LogP contribution >= 0.6 is 0 Å². The van der Waals surface area contributed by atoms with Gasteiger partial charge in [0.15, 0.2) is 9.92 Å². The van der Waals surface area contributed by atoms with Gasteiger partial charge in [-0.1, -0.05) is 66.7 Å². The maximum Gasteiger partial charge on any atom is 0.337 e. The van der Waals surface area contributed by atoms with Crippen LogP contribution < -0.4 is 10.0 Å². The number of hydrogen-bond acceptors (Lipinski definition) is 9. The van der Waals surface area contributed by atoms with Gasteiger partial charge in [0.25, 0.3) is 5.91 Å². The average molecular weight is 759 g/mol. The molecule has 1 heterocycles. The zero-order chi connectivity index (χ0) is 38.8. The third-order valence-electron chi connectivity index (χ3n) is 8.61. The fraction of sp³-hybridized carbons (Fsp3) is 0.143. The Balaban J connectivity index is 1.18. The van der Waals surface area contributed by atoms with Crippen molar-refractivity contribution in [1.82, 2.24) is 4.98 Å².